The molecule has 0 bridgehead atoms. The maximum absolute atomic E-state index is 11.0. The quantitative estimate of drug-likeness (QED) is 0.857. The van der Waals surface area contributed by atoms with Gasteiger partial charge in [0.05, 0.1) is 7.11 Å². The van der Waals surface area contributed by atoms with E-state index < -0.39 is 6.09 Å². The van der Waals surface area contributed by atoms with Gasteiger partial charge in [0.25, 0.3) is 0 Å². The lowest BCUT2D eigenvalue weighted by Gasteiger charge is -2.38. The Morgan fingerprint density at radius 1 is 1.50 bits per heavy atom. The minimum absolute atomic E-state index is 0.0377. The van der Waals surface area contributed by atoms with Gasteiger partial charge in [0.2, 0.25) is 5.88 Å². The summed E-state index contributed by atoms with van der Waals surface area (Å²) in [7, 11) is 1.58. The van der Waals surface area contributed by atoms with Crippen LogP contribution in [0.15, 0.2) is 18.2 Å². The fourth-order valence-electron chi connectivity index (χ4n) is 2.14. The Labute approximate surface area is 106 Å². The number of carbonyl (C=O) groups is 1. The van der Waals surface area contributed by atoms with Crippen LogP contribution in [0.5, 0.6) is 5.88 Å². The highest BCUT2D eigenvalue weighted by Crippen LogP contribution is 2.19. The summed E-state index contributed by atoms with van der Waals surface area (Å²) in [5.74, 6) is 1.40. The number of pyridine rings is 1. The molecule has 1 aromatic rings. The summed E-state index contributed by atoms with van der Waals surface area (Å²) in [5.41, 5.74) is 0. The maximum atomic E-state index is 11.0. The van der Waals surface area contributed by atoms with Crippen molar-refractivity contribution in [1.29, 1.82) is 0 Å². The van der Waals surface area contributed by atoms with Gasteiger partial charge in [0, 0.05) is 31.7 Å². The van der Waals surface area contributed by atoms with Gasteiger partial charge in [0.1, 0.15) is 5.82 Å². The molecule has 2 rings (SSSR count). The van der Waals surface area contributed by atoms with Crippen LogP contribution in [0, 0.1) is 0 Å². The standard InChI is InChI=1S/C12H17N3O3/c1-9-8-14(6-7-15(9)12(16)17)10-4-3-5-11(13-10)18-2/h3-5,9H,6-8H2,1-2H3,(H,16,17). The fraction of sp³-hybridized carbons (Fsp3) is 0.500. The van der Waals surface area contributed by atoms with Crippen LogP contribution in [0.4, 0.5) is 10.6 Å². The van der Waals surface area contributed by atoms with Crippen molar-refractivity contribution < 1.29 is 14.6 Å². The van der Waals surface area contributed by atoms with Crippen LogP contribution in [0.1, 0.15) is 6.92 Å². The highest BCUT2D eigenvalue weighted by Gasteiger charge is 2.27. The largest absolute Gasteiger partial charge is 0.481 e. The lowest BCUT2D eigenvalue weighted by Crippen LogP contribution is -2.53. The smallest absolute Gasteiger partial charge is 0.407 e. The van der Waals surface area contributed by atoms with Gasteiger partial charge >= 0.3 is 6.09 Å². The molecule has 0 aromatic carbocycles. The van der Waals surface area contributed by atoms with E-state index in [1.807, 2.05) is 19.1 Å². The Bertz CT molecular complexity index is 438. The molecule has 1 aromatic heterocycles. The van der Waals surface area contributed by atoms with E-state index in [-0.39, 0.29) is 6.04 Å². The summed E-state index contributed by atoms with van der Waals surface area (Å²) in [6.45, 7) is 3.69. The fourth-order valence-corrected chi connectivity index (χ4v) is 2.14. The van der Waals surface area contributed by atoms with E-state index in [2.05, 4.69) is 9.88 Å². The molecular weight excluding hydrogens is 234 g/mol. The molecule has 1 unspecified atom stereocenters. The van der Waals surface area contributed by atoms with Crippen LogP contribution in [0.25, 0.3) is 0 Å². The van der Waals surface area contributed by atoms with Crippen LogP contribution in [-0.2, 0) is 0 Å². The van der Waals surface area contributed by atoms with Gasteiger partial charge in [-0.05, 0) is 13.0 Å². The zero-order chi connectivity index (χ0) is 13.1. The molecule has 1 atom stereocenters. The van der Waals surface area contributed by atoms with Gasteiger partial charge in [-0.1, -0.05) is 6.07 Å². The molecule has 1 aliphatic heterocycles. The summed E-state index contributed by atoms with van der Waals surface area (Å²) in [4.78, 5) is 18.9. The second-order valence-corrected chi connectivity index (χ2v) is 4.31. The van der Waals surface area contributed by atoms with E-state index in [1.165, 1.54) is 4.90 Å². The highest BCUT2D eigenvalue weighted by atomic mass is 16.5. The van der Waals surface area contributed by atoms with Gasteiger partial charge in [-0.25, -0.2) is 4.79 Å². The molecule has 0 aliphatic carbocycles. The van der Waals surface area contributed by atoms with Crippen LogP contribution in [0.3, 0.4) is 0 Å². The predicted octanol–water partition coefficient (Wildman–Crippen LogP) is 1.28. The summed E-state index contributed by atoms with van der Waals surface area (Å²) < 4.78 is 5.09. The Balaban J connectivity index is 2.09. The number of aromatic nitrogens is 1. The molecule has 1 aliphatic rings. The van der Waals surface area contributed by atoms with E-state index >= 15 is 0 Å². The van der Waals surface area contributed by atoms with Gasteiger partial charge in [-0.3, -0.25) is 0 Å². The number of anilines is 1. The second kappa shape index (κ2) is 5.12. The highest BCUT2D eigenvalue weighted by molar-refractivity contribution is 5.66. The van der Waals surface area contributed by atoms with Crippen molar-refractivity contribution in [3.8, 4) is 5.88 Å². The van der Waals surface area contributed by atoms with Crippen LogP contribution in [-0.4, -0.2) is 53.9 Å². The number of methoxy groups -OCH3 is 1. The van der Waals surface area contributed by atoms with Gasteiger partial charge in [-0.2, -0.15) is 4.98 Å². The predicted molar refractivity (Wildman–Crippen MR) is 67.2 cm³/mol. The number of piperazine rings is 1. The van der Waals surface area contributed by atoms with Crippen molar-refractivity contribution in [3.05, 3.63) is 18.2 Å². The molecule has 1 N–H and O–H groups in total. The Morgan fingerprint density at radius 3 is 2.89 bits per heavy atom. The first-order chi connectivity index (χ1) is 8.61. The number of rotatable bonds is 2. The number of hydrogen-bond acceptors (Lipinski definition) is 4. The molecular formula is C12H17N3O3. The summed E-state index contributed by atoms with van der Waals surface area (Å²) in [6.07, 6.45) is -0.860. The van der Waals surface area contributed by atoms with Gasteiger partial charge < -0.3 is 19.6 Å². The van der Waals surface area contributed by atoms with Crippen molar-refractivity contribution in [1.82, 2.24) is 9.88 Å². The Hall–Kier alpha value is -1.98. The average Bonchev–Trinajstić information content (AvgIpc) is 2.38. The summed E-state index contributed by atoms with van der Waals surface area (Å²) >= 11 is 0. The average molecular weight is 251 g/mol. The minimum Gasteiger partial charge on any atom is -0.481 e. The van der Waals surface area contributed by atoms with Gasteiger partial charge in [0.15, 0.2) is 0 Å². The topological polar surface area (TPSA) is 65.9 Å². The van der Waals surface area contributed by atoms with E-state index in [9.17, 15) is 4.79 Å². The van der Waals surface area contributed by atoms with Crippen molar-refractivity contribution in [2.24, 2.45) is 0 Å². The molecule has 1 amide bonds. The number of hydrogen-bond donors (Lipinski definition) is 1. The monoisotopic (exact) mass is 251 g/mol. The van der Waals surface area contributed by atoms with Crippen molar-refractivity contribution in [2.75, 3.05) is 31.6 Å². The number of ether oxygens (including phenoxy) is 1. The molecule has 0 radical (unpaired) electrons. The van der Waals surface area contributed by atoms with E-state index in [0.29, 0.717) is 25.5 Å². The SMILES string of the molecule is COc1cccc(N2CCN(C(=O)O)C(C)C2)n1. The minimum atomic E-state index is -0.860. The third-order valence-electron chi connectivity index (χ3n) is 3.12. The summed E-state index contributed by atoms with van der Waals surface area (Å²) in [5, 5.41) is 9.02. The van der Waals surface area contributed by atoms with Gasteiger partial charge in [-0.15, -0.1) is 0 Å². The first-order valence-electron chi connectivity index (χ1n) is 5.87. The van der Waals surface area contributed by atoms with E-state index in [4.69, 9.17) is 9.84 Å². The van der Waals surface area contributed by atoms with Crippen molar-refractivity contribution in [3.63, 3.8) is 0 Å². The molecule has 0 saturated carbocycles. The normalized spacial score (nSPS) is 19.8. The molecule has 6 heteroatoms. The van der Waals surface area contributed by atoms with Crippen LogP contribution >= 0.6 is 0 Å². The van der Waals surface area contributed by atoms with Crippen molar-refractivity contribution in [2.45, 2.75) is 13.0 Å². The first kappa shape index (κ1) is 12.5. The lowest BCUT2D eigenvalue weighted by atomic mass is 10.2. The molecule has 98 valence electrons. The molecule has 0 spiro atoms. The zero-order valence-electron chi connectivity index (χ0n) is 10.5. The third kappa shape index (κ3) is 2.47. The summed E-state index contributed by atoms with van der Waals surface area (Å²) in [6, 6.07) is 5.55. The second-order valence-electron chi connectivity index (χ2n) is 4.31. The lowest BCUT2D eigenvalue weighted by molar-refractivity contribution is 0.122. The Kier molecular flexibility index (Phi) is 3.55. The molecule has 18 heavy (non-hydrogen) atoms. The van der Waals surface area contributed by atoms with E-state index in [1.54, 1.807) is 13.2 Å². The van der Waals surface area contributed by atoms with Crippen LogP contribution < -0.4 is 9.64 Å². The number of nitrogens with zero attached hydrogens (tertiary/aromatic N) is 3. The molecule has 1 fully saturated rings. The molecule has 2 heterocycles. The van der Waals surface area contributed by atoms with E-state index in [0.717, 1.165) is 5.82 Å². The molecule has 6 nitrogen and oxygen atoms in total. The third-order valence-corrected chi connectivity index (χ3v) is 3.12. The molecule has 1 saturated heterocycles. The maximum Gasteiger partial charge on any atom is 0.407 e. The zero-order valence-corrected chi connectivity index (χ0v) is 10.5. The number of amides is 1. The number of carboxylic acid groups (broad SMARTS) is 1. The Morgan fingerprint density at radius 2 is 2.28 bits per heavy atom. The van der Waals surface area contributed by atoms with Crippen molar-refractivity contribution >= 4 is 11.9 Å². The van der Waals surface area contributed by atoms with Crippen LogP contribution in [0.2, 0.25) is 0 Å². The first-order valence-corrected chi connectivity index (χ1v) is 5.87.